The predicted octanol–water partition coefficient (Wildman–Crippen LogP) is 5.03. The van der Waals surface area contributed by atoms with Crippen molar-refractivity contribution in [3.05, 3.63) is 83.2 Å². The van der Waals surface area contributed by atoms with Crippen LogP contribution >= 0.6 is 0 Å². The molecule has 0 saturated carbocycles. The molecule has 4 aromatic rings. The van der Waals surface area contributed by atoms with E-state index in [0.717, 1.165) is 65.2 Å². The van der Waals surface area contributed by atoms with E-state index in [2.05, 4.69) is 47.5 Å². The van der Waals surface area contributed by atoms with Gasteiger partial charge in [-0.25, -0.2) is 9.50 Å². The van der Waals surface area contributed by atoms with Gasteiger partial charge in [0.2, 0.25) is 5.91 Å². The molecule has 39 heavy (non-hydrogen) atoms. The number of likely N-dealkylation sites (tertiary alicyclic amines) is 1. The Morgan fingerprint density at radius 1 is 1.05 bits per heavy atom. The van der Waals surface area contributed by atoms with Crippen molar-refractivity contribution in [3.8, 4) is 17.0 Å². The summed E-state index contributed by atoms with van der Waals surface area (Å²) in [7, 11) is 1.67. The van der Waals surface area contributed by atoms with E-state index in [9.17, 15) is 4.79 Å². The van der Waals surface area contributed by atoms with Crippen LogP contribution in [0.3, 0.4) is 0 Å². The topological polar surface area (TPSA) is 71.8 Å². The standard InChI is InChI=1S/C32H39N5O2/c1-23-27(24(2)37-31(34-23)22-29(35-37)28-11-7-8-12-30(28)39-3)13-14-32(38)33-17-20-36-18-15-26(16-19-36)21-25-9-5-4-6-10-25/h4-12,22,26H,13-21H2,1-3H3,(H,33,38). The Morgan fingerprint density at radius 2 is 1.79 bits per heavy atom. The second kappa shape index (κ2) is 12.4. The molecule has 0 spiro atoms. The zero-order valence-corrected chi connectivity index (χ0v) is 23.3. The summed E-state index contributed by atoms with van der Waals surface area (Å²) in [6.45, 7) is 7.89. The van der Waals surface area contributed by atoms with Gasteiger partial charge in [0.05, 0.1) is 12.8 Å². The fraction of sp³-hybridized carbons (Fsp3) is 0.406. The number of carbonyl (C=O) groups excluding carboxylic acids is 1. The van der Waals surface area contributed by atoms with Gasteiger partial charge in [0.15, 0.2) is 5.65 Å². The molecule has 7 nitrogen and oxygen atoms in total. The highest BCUT2D eigenvalue weighted by atomic mass is 16.5. The molecule has 0 atom stereocenters. The maximum absolute atomic E-state index is 12.7. The van der Waals surface area contributed by atoms with Crippen molar-refractivity contribution in [2.75, 3.05) is 33.3 Å². The number of aromatic nitrogens is 3. The lowest BCUT2D eigenvalue weighted by molar-refractivity contribution is -0.121. The Morgan fingerprint density at radius 3 is 2.56 bits per heavy atom. The van der Waals surface area contributed by atoms with Crippen LogP contribution < -0.4 is 10.1 Å². The summed E-state index contributed by atoms with van der Waals surface area (Å²) >= 11 is 0. The molecule has 3 heterocycles. The summed E-state index contributed by atoms with van der Waals surface area (Å²) in [5, 5.41) is 7.95. The quantitative estimate of drug-likeness (QED) is 0.315. The Balaban J connectivity index is 1.11. The monoisotopic (exact) mass is 525 g/mol. The second-order valence-corrected chi connectivity index (χ2v) is 10.6. The summed E-state index contributed by atoms with van der Waals surface area (Å²) < 4.78 is 7.40. The molecule has 1 fully saturated rings. The number of hydrogen-bond donors (Lipinski definition) is 1. The fourth-order valence-corrected chi connectivity index (χ4v) is 5.72. The summed E-state index contributed by atoms with van der Waals surface area (Å²) in [6.07, 6.45) is 4.70. The third-order valence-corrected chi connectivity index (χ3v) is 7.97. The van der Waals surface area contributed by atoms with E-state index in [1.165, 1.54) is 24.8 Å². The van der Waals surface area contributed by atoms with Crippen LogP contribution in [0.15, 0.2) is 60.7 Å². The van der Waals surface area contributed by atoms with E-state index < -0.39 is 0 Å². The third kappa shape index (κ3) is 6.48. The minimum Gasteiger partial charge on any atom is -0.496 e. The van der Waals surface area contributed by atoms with Crippen LogP contribution in [0, 0.1) is 19.8 Å². The van der Waals surface area contributed by atoms with Crippen molar-refractivity contribution >= 4 is 11.6 Å². The first-order chi connectivity index (χ1) is 19.0. The Bertz CT molecular complexity index is 1410. The number of hydrogen-bond acceptors (Lipinski definition) is 5. The minimum absolute atomic E-state index is 0.0861. The number of para-hydroxylation sites is 1. The van der Waals surface area contributed by atoms with Gasteiger partial charge in [0.1, 0.15) is 5.75 Å². The molecule has 0 bridgehead atoms. The van der Waals surface area contributed by atoms with Crippen LogP contribution in [0.2, 0.25) is 0 Å². The number of rotatable bonds is 10. The highest BCUT2D eigenvalue weighted by Crippen LogP contribution is 2.30. The molecule has 1 aliphatic heterocycles. The van der Waals surface area contributed by atoms with Gasteiger partial charge in [0.25, 0.3) is 0 Å². The molecular weight excluding hydrogens is 486 g/mol. The van der Waals surface area contributed by atoms with Crippen LogP contribution in [-0.4, -0.2) is 58.7 Å². The van der Waals surface area contributed by atoms with Gasteiger partial charge in [-0.05, 0) is 81.8 Å². The first-order valence-electron chi connectivity index (χ1n) is 14.0. The number of nitrogens with zero attached hydrogens (tertiary/aromatic N) is 4. The van der Waals surface area contributed by atoms with Gasteiger partial charge in [-0.1, -0.05) is 42.5 Å². The van der Waals surface area contributed by atoms with Crippen LogP contribution in [-0.2, 0) is 17.6 Å². The number of methoxy groups -OCH3 is 1. The van der Waals surface area contributed by atoms with Gasteiger partial charge in [-0.3, -0.25) is 4.79 Å². The number of carbonyl (C=O) groups is 1. The maximum atomic E-state index is 12.7. The molecule has 1 N–H and O–H groups in total. The molecule has 0 aliphatic carbocycles. The van der Waals surface area contributed by atoms with Crippen LogP contribution in [0.1, 0.15) is 41.8 Å². The van der Waals surface area contributed by atoms with E-state index in [-0.39, 0.29) is 5.91 Å². The Hall–Kier alpha value is -3.71. The number of nitrogens with one attached hydrogen (secondary N) is 1. The summed E-state index contributed by atoms with van der Waals surface area (Å²) in [6, 6.07) is 20.6. The lowest BCUT2D eigenvalue weighted by Gasteiger charge is -2.32. The van der Waals surface area contributed by atoms with Crippen molar-refractivity contribution in [1.82, 2.24) is 24.8 Å². The normalized spacial score (nSPS) is 14.5. The highest BCUT2D eigenvalue weighted by Gasteiger charge is 2.20. The average Bonchev–Trinajstić information content (AvgIpc) is 3.38. The fourth-order valence-electron chi connectivity index (χ4n) is 5.72. The molecule has 5 rings (SSSR count). The Kier molecular flexibility index (Phi) is 8.57. The molecule has 1 saturated heterocycles. The largest absolute Gasteiger partial charge is 0.496 e. The van der Waals surface area contributed by atoms with E-state index in [1.54, 1.807) is 7.11 Å². The number of ether oxygens (including phenoxy) is 1. The number of benzene rings is 2. The number of piperidine rings is 1. The van der Waals surface area contributed by atoms with Gasteiger partial charge >= 0.3 is 0 Å². The van der Waals surface area contributed by atoms with Gasteiger partial charge in [-0.2, -0.15) is 5.10 Å². The molecule has 2 aromatic heterocycles. The lowest BCUT2D eigenvalue weighted by atomic mass is 9.90. The summed E-state index contributed by atoms with van der Waals surface area (Å²) in [4.78, 5) is 19.9. The number of amides is 1. The van der Waals surface area contributed by atoms with Gasteiger partial charge < -0.3 is 15.0 Å². The van der Waals surface area contributed by atoms with Crippen LogP contribution in [0.4, 0.5) is 0 Å². The van der Waals surface area contributed by atoms with E-state index in [0.29, 0.717) is 19.4 Å². The summed E-state index contributed by atoms with van der Waals surface area (Å²) in [5.74, 6) is 1.63. The molecule has 7 heteroatoms. The first-order valence-corrected chi connectivity index (χ1v) is 14.0. The maximum Gasteiger partial charge on any atom is 0.220 e. The van der Waals surface area contributed by atoms with Crippen molar-refractivity contribution in [2.24, 2.45) is 5.92 Å². The van der Waals surface area contributed by atoms with Crippen LogP contribution in [0.5, 0.6) is 5.75 Å². The van der Waals surface area contributed by atoms with Crippen molar-refractivity contribution in [2.45, 2.75) is 46.0 Å². The molecular formula is C32H39N5O2. The van der Waals surface area contributed by atoms with Crippen molar-refractivity contribution in [3.63, 3.8) is 0 Å². The first kappa shape index (κ1) is 26.9. The zero-order chi connectivity index (χ0) is 27.2. The molecule has 204 valence electrons. The molecule has 0 unspecified atom stereocenters. The molecule has 1 amide bonds. The Labute approximate surface area is 231 Å². The van der Waals surface area contributed by atoms with Crippen LogP contribution in [0.25, 0.3) is 16.9 Å². The average molecular weight is 526 g/mol. The van der Waals surface area contributed by atoms with Crippen molar-refractivity contribution < 1.29 is 9.53 Å². The van der Waals surface area contributed by atoms with E-state index >= 15 is 0 Å². The van der Waals surface area contributed by atoms with Gasteiger partial charge in [-0.15, -0.1) is 0 Å². The van der Waals surface area contributed by atoms with Gasteiger partial charge in [0, 0.05) is 42.5 Å². The van der Waals surface area contributed by atoms with E-state index in [4.69, 9.17) is 14.8 Å². The molecule has 2 aromatic carbocycles. The smallest absolute Gasteiger partial charge is 0.220 e. The highest BCUT2D eigenvalue weighted by molar-refractivity contribution is 5.76. The zero-order valence-electron chi connectivity index (χ0n) is 23.3. The summed E-state index contributed by atoms with van der Waals surface area (Å²) in [5.41, 5.74) is 7.03. The molecule has 0 radical (unpaired) electrons. The van der Waals surface area contributed by atoms with E-state index in [1.807, 2.05) is 41.8 Å². The minimum atomic E-state index is 0.0861. The second-order valence-electron chi connectivity index (χ2n) is 10.6. The predicted molar refractivity (Wildman–Crippen MR) is 155 cm³/mol. The van der Waals surface area contributed by atoms with Crippen molar-refractivity contribution in [1.29, 1.82) is 0 Å². The molecule has 1 aliphatic rings. The third-order valence-electron chi connectivity index (χ3n) is 7.97. The lowest BCUT2D eigenvalue weighted by Crippen LogP contribution is -2.40. The number of aryl methyl sites for hydroxylation is 2. The SMILES string of the molecule is COc1ccccc1-c1cc2nc(C)c(CCC(=O)NCCN3CCC(Cc4ccccc4)CC3)c(C)n2n1. The number of fused-ring (bicyclic) bond motifs is 1.